The standard InChI is InChI=1S/C16H18ClFN2O/c1-21-16-5-3-2-4-12(16)10-13(20-19)8-11-6-7-15(18)14(17)9-11/h2-7,9,13,20H,8,10,19H2,1H3. The molecule has 2 aromatic rings. The highest BCUT2D eigenvalue weighted by Gasteiger charge is 2.13. The fourth-order valence-corrected chi connectivity index (χ4v) is 2.48. The number of hydrogen-bond acceptors (Lipinski definition) is 3. The smallest absolute Gasteiger partial charge is 0.141 e. The molecule has 0 aliphatic heterocycles. The van der Waals surface area contributed by atoms with Gasteiger partial charge in [0.2, 0.25) is 0 Å². The van der Waals surface area contributed by atoms with Crippen molar-refractivity contribution in [2.24, 2.45) is 5.84 Å². The van der Waals surface area contributed by atoms with Gasteiger partial charge in [-0.05, 0) is 42.2 Å². The van der Waals surface area contributed by atoms with Crippen LogP contribution in [-0.4, -0.2) is 13.2 Å². The monoisotopic (exact) mass is 308 g/mol. The number of nitrogens with two attached hydrogens (primary N) is 1. The number of hydrazine groups is 1. The van der Waals surface area contributed by atoms with Crippen LogP contribution in [0.25, 0.3) is 0 Å². The Bertz CT molecular complexity index is 607. The number of ether oxygens (including phenoxy) is 1. The van der Waals surface area contributed by atoms with E-state index in [4.69, 9.17) is 22.2 Å². The molecule has 112 valence electrons. The molecule has 0 aliphatic rings. The SMILES string of the molecule is COc1ccccc1CC(Cc1ccc(F)c(Cl)c1)NN. The number of hydrogen-bond donors (Lipinski definition) is 2. The van der Waals surface area contributed by atoms with Crippen LogP contribution in [0.1, 0.15) is 11.1 Å². The number of halogens is 2. The van der Waals surface area contributed by atoms with E-state index in [9.17, 15) is 4.39 Å². The van der Waals surface area contributed by atoms with Crippen LogP contribution >= 0.6 is 11.6 Å². The molecular formula is C16H18ClFN2O. The maximum Gasteiger partial charge on any atom is 0.141 e. The highest BCUT2D eigenvalue weighted by atomic mass is 35.5. The molecular weight excluding hydrogens is 291 g/mol. The zero-order chi connectivity index (χ0) is 15.2. The Balaban J connectivity index is 2.11. The maximum absolute atomic E-state index is 13.2. The highest BCUT2D eigenvalue weighted by Crippen LogP contribution is 2.21. The van der Waals surface area contributed by atoms with Gasteiger partial charge in [0.15, 0.2) is 0 Å². The molecule has 3 nitrogen and oxygen atoms in total. The summed E-state index contributed by atoms with van der Waals surface area (Å²) >= 11 is 5.80. The van der Waals surface area contributed by atoms with Gasteiger partial charge in [-0.2, -0.15) is 0 Å². The molecule has 0 saturated heterocycles. The number of rotatable bonds is 6. The van der Waals surface area contributed by atoms with Crippen LogP contribution in [0.5, 0.6) is 5.75 Å². The van der Waals surface area contributed by atoms with Gasteiger partial charge in [-0.25, -0.2) is 4.39 Å². The quantitative estimate of drug-likeness (QED) is 0.637. The molecule has 1 atom stereocenters. The van der Waals surface area contributed by atoms with E-state index < -0.39 is 5.82 Å². The first kappa shape index (κ1) is 15.8. The van der Waals surface area contributed by atoms with Crippen LogP contribution in [0.2, 0.25) is 5.02 Å². The van der Waals surface area contributed by atoms with E-state index in [-0.39, 0.29) is 11.1 Å². The summed E-state index contributed by atoms with van der Waals surface area (Å²) in [5.41, 5.74) is 4.79. The minimum Gasteiger partial charge on any atom is -0.496 e. The van der Waals surface area contributed by atoms with Gasteiger partial charge in [0, 0.05) is 6.04 Å². The van der Waals surface area contributed by atoms with Crippen LogP contribution in [0.4, 0.5) is 4.39 Å². The Hall–Kier alpha value is -1.62. The zero-order valence-electron chi connectivity index (χ0n) is 11.8. The Morgan fingerprint density at radius 1 is 1.24 bits per heavy atom. The second-order valence-corrected chi connectivity index (χ2v) is 5.24. The van der Waals surface area contributed by atoms with Crippen molar-refractivity contribution in [3.63, 3.8) is 0 Å². The van der Waals surface area contributed by atoms with E-state index in [0.29, 0.717) is 12.8 Å². The summed E-state index contributed by atoms with van der Waals surface area (Å²) in [5.74, 6) is 6.04. The van der Waals surface area contributed by atoms with Gasteiger partial charge in [0.1, 0.15) is 11.6 Å². The molecule has 0 spiro atoms. The first-order chi connectivity index (χ1) is 10.1. The fraction of sp³-hybridized carbons (Fsp3) is 0.250. The van der Waals surface area contributed by atoms with Crippen molar-refractivity contribution in [2.75, 3.05) is 7.11 Å². The lowest BCUT2D eigenvalue weighted by molar-refractivity contribution is 0.404. The van der Waals surface area contributed by atoms with Crippen LogP contribution < -0.4 is 16.0 Å². The van der Waals surface area contributed by atoms with Crippen molar-refractivity contribution in [1.29, 1.82) is 0 Å². The maximum atomic E-state index is 13.2. The lowest BCUT2D eigenvalue weighted by Gasteiger charge is -2.18. The predicted molar refractivity (Wildman–Crippen MR) is 82.9 cm³/mol. The first-order valence-corrected chi connectivity index (χ1v) is 7.03. The Morgan fingerprint density at radius 3 is 2.67 bits per heavy atom. The van der Waals surface area contributed by atoms with E-state index in [0.717, 1.165) is 16.9 Å². The van der Waals surface area contributed by atoms with Crippen LogP contribution in [0.3, 0.4) is 0 Å². The minimum absolute atomic E-state index is 0.00262. The fourth-order valence-electron chi connectivity index (χ4n) is 2.28. The zero-order valence-corrected chi connectivity index (χ0v) is 12.5. The third kappa shape index (κ3) is 4.17. The molecule has 0 amide bonds. The van der Waals surface area contributed by atoms with E-state index in [2.05, 4.69) is 5.43 Å². The highest BCUT2D eigenvalue weighted by molar-refractivity contribution is 6.30. The average Bonchev–Trinajstić information content (AvgIpc) is 2.50. The molecule has 0 bridgehead atoms. The second kappa shape index (κ2) is 7.41. The molecule has 0 saturated carbocycles. The van der Waals surface area contributed by atoms with Crippen molar-refractivity contribution in [1.82, 2.24) is 5.43 Å². The molecule has 0 heterocycles. The van der Waals surface area contributed by atoms with E-state index >= 15 is 0 Å². The van der Waals surface area contributed by atoms with Gasteiger partial charge >= 0.3 is 0 Å². The molecule has 0 fully saturated rings. The molecule has 2 rings (SSSR count). The molecule has 0 aliphatic carbocycles. The van der Waals surface area contributed by atoms with E-state index in [1.54, 1.807) is 19.2 Å². The van der Waals surface area contributed by atoms with Crippen molar-refractivity contribution in [3.8, 4) is 5.75 Å². The summed E-state index contributed by atoms with van der Waals surface area (Å²) in [4.78, 5) is 0. The summed E-state index contributed by atoms with van der Waals surface area (Å²) in [5, 5.41) is 0.126. The third-order valence-electron chi connectivity index (χ3n) is 3.36. The van der Waals surface area contributed by atoms with Gasteiger partial charge in [0.25, 0.3) is 0 Å². The Labute approximate surface area is 128 Å². The van der Waals surface area contributed by atoms with Gasteiger partial charge in [0.05, 0.1) is 12.1 Å². The molecule has 5 heteroatoms. The molecule has 0 radical (unpaired) electrons. The number of para-hydroxylation sites is 1. The summed E-state index contributed by atoms with van der Waals surface area (Å²) < 4.78 is 18.5. The normalized spacial score (nSPS) is 12.2. The van der Waals surface area contributed by atoms with E-state index in [1.807, 2.05) is 24.3 Å². The molecule has 3 N–H and O–H groups in total. The minimum atomic E-state index is -0.414. The summed E-state index contributed by atoms with van der Waals surface area (Å²) in [6, 6.07) is 12.5. The van der Waals surface area contributed by atoms with E-state index in [1.165, 1.54) is 6.07 Å². The molecule has 2 aromatic carbocycles. The largest absolute Gasteiger partial charge is 0.496 e. The van der Waals surface area contributed by atoms with Crippen molar-refractivity contribution in [3.05, 3.63) is 64.4 Å². The lowest BCUT2D eigenvalue weighted by atomic mass is 9.99. The first-order valence-electron chi connectivity index (χ1n) is 6.66. The van der Waals surface area contributed by atoms with Gasteiger partial charge in [-0.3, -0.25) is 11.3 Å². The summed E-state index contributed by atoms with van der Waals surface area (Å²) in [6.45, 7) is 0. The topological polar surface area (TPSA) is 47.3 Å². The lowest BCUT2D eigenvalue weighted by Crippen LogP contribution is -2.38. The summed E-state index contributed by atoms with van der Waals surface area (Å²) in [7, 11) is 1.64. The van der Waals surface area contributed by atoms with Gasteiger partial charge < -0.3 is 4.74 Å². The van der Waals surface area contributed by atoms with Crippen LogP contribution in [0, 0.1) is 5.82 Å². The predicted octanol–water partition coefficient (Wildman–Crippen LogP) is 3.10. The number of benzene rings is 2. The number of methoxy groups -OCH3 is 1. The van der Waals surface area contributed by atoms with Crippen molar-refractivity contribution >= 4 is 11.6 Å². The van der Waals surface area contributed by atoms with Crippen molar-refractivity contribution < 1.29 is 9.13 Å². The van der Waals surface area contributed by atoms with Gasteiger partial charge in [-0.1, -0.05) is 35.9 Å². The Morgan fingerprint density at radius 2 is 2.00 bits per heavy atom. The number of nitrogens with one attached hydrogen (secondary N) is 1. The second-order valence-electron chi connectivity index (χ2n) is 4.83. The van der Waals surface area contributed by atoms with Gasteiger partial charge in [-0.15, -0.1) is 0 Å². The third-order valence-corrected chi connectivity index (χ3v) is 3.65. The molecule has 1 unspecified atom stereocenters. The Kier molecular flexibility index (Phi) is 5.56. The summed E-state index contributed by atoms with van der Waals surface area (Å²) in [6.07, 6.45) is 1.35. The van der Waals surface area contributed by atoms with Crippen LogP contribution in [0.15, 0.2) is 42.5 Å². The molecule has 0 aromatic heterocycles. The van der Waals surface area contributed by atoms with Crippen LogP contribution in [-0.2, 0) is 12.8 Å². The average molecular weight is 309 g/mol. The molecule has 21 heavy (non-hydrogen) atoms. The van der Waals surface area contributed by atoms with Crippen molar-refractivity contribution in [2.45, 2.75) is 18.9 Å².